The normalized spacial score (nSPS) is 29.3. The second-order valence-electron chi connectivity index (χ2n) is 9.24. The number of rotatable bonds is 6. The standard InChI is InChI=1S/C28H29NO9/c1-16(30)29-27(17-12-8-6-9-13-17)19(23(31)35-2)20(24(32)36-3)28(29,18-14-10-7-11-15-18)22(26(34)38-5)21(27)25(33)37-4/h6-15,19-22H,1-5H3. The fraction of sp³-hybridized carbons (Fsp3) is 0.393. The predicted octanol–water partition coefficient (Wildman–Crippen LogP) is 1.81. The zero-order chi connectivity index (χ0) is 27.8. The van der Waals surface area contributed by atoms with Crippen LogP contribution < -0.4 is 0 Å². The van der Waals surface area contributed by atoms with Gasteiger partial charge in [-0.15, -0.1) is 0 Å². The topological polar surface area (TPSA) is 126 Å². The van der Waals surface area contributed by atoms with Gasteiger partial charge in [-0.2, -0.15) is 0 Å². The molecular weight excluding hydrogens is 494 g/mol. The third kappa shape index (κ3) is 3.28. The summed E-state index contributed by atoms with van der Waals surface area (Å²) in [4.78, 5) is 70.0. The van der Waals surface area contributed by atoms with Crippen molar-refractivity contribution in [2.75, 3.05) is 28.4 Å². The molecular formula is C28H29NO9. The van der Waals surface area contributed by atoms with Gasteiger partial charge >= 0.3 is 23.9 Å². The van der Waals surface area contributed by atoms with Crippen LogP contribution in [0.15, 0.2) is 60.7 Å². The summed E-state index contributed by atoms with van der Waals surface area (Å²) in [6.45, 7) is 1.26. The Balaban J connectivity index is 2.32. The van der Waals surface area contributed by atoms with E-state index in [9.17, 15) is 24.0 Å². The smallest absolute Gasteiger partial charge is 0.312 e. The van der Waals surface area contributed by atoms with Crippen LogP contribution in [0.4, 0.5) is 0 Å². The summed E-state index contributed by atoms with van der Waals surface area (Å²) in [6, 6.07) is 16.7. The number of nitrogens with zero attached hydrogens (tertiary/aromatic N) is 1. The minimum Gasteiger partial charge on any atom is -0.469 e. The maximum Gasteiger partial charge on any atom is 0.312 e. The van der Waals surface area contributed by atoms with E-state index in [1.54, 1.807) is 60.7 Å². The molecule has 0 aromatic heterocycles. The van der Waals surface area contributed by atoms with Gasteiger partial charge in [0.1, 0.15) is 23.7 Å². The number of fused-ring (bicyclic) bond motifs is 2. The zero-order valence-electron chi connectivity index (χ0n) is 21.7. The van der Waals surface area contributed by atoms with Crippen molar-refractivity contribution in [3.8, 4) is 0 Å². The van der Waals surface area contributed by atoms with E-state index >= 15 is 0 Å². The van der Waals surface area contributed by atoms with Crippen molar-refractivity contribution in [3.05, 3.63) is 71.8 Å². The second kappa shape index (κ2) is 9.92. The lowest BCUT2D eigenvalue weighted by Crippen LogP contribution is -2.59. The van der Waals surface area contributed by atoms with Gasteiger partial charge in [0.15, 0.2) is 0 Å². The van der Waals surface area contributed by atoms with Crippen molar-refractivity contribution < 1.29 is 42.9 Å². The van der Waals surface area contributed by atoms with Gasteiger partial charge in [0.2, 0.25) is 5.91 Å². The van der Waals surface area contributed by atoms with E-state index in [0.29, 0.717) is 11.1 Å². The molecule has 2 fully saturated rings. The van der Waals surface area contributed by atoms with Crippen molar-refractivity contribution >= 4 is 29.8 Å². The molecule has 1 amide bonds. The van der Waals surface area contributed by atoms with E-state index in [2.05, 4.69) is 0 Å². The Morgan fingerprint density at radius 2 is 0.816 bits per heavy atom. The number of carbonyl (C=O) groups is 5. The largest absolute Gasteiger partial charge is 0.469 e. The van der Waals surface area contributed by atoms with Gasteiger partial charge in [-0.1, -0.05) is 60.7 Å². The number of hydrogen-bond acceptors (Lipinski definition) is 9. The lowest BCUT2D eigenvalue weighted by Gasteiger charge is -2.44. The van der Waals surface area contributed by atoms with Gasteiger partial charge in [-0.3, -0.25) is 24.0 Å². The van der Waals surface area contributed by atoms with Crippen molar-refractivity contribution in [1.82, 2.24) is 4.90 Å². The zero-order valence-corrected chi connectivity index (χ0v) is 21.7. The van der Waals surface area contributed by atoms with E-state index in [4.69, 9.17) is 18.9 Å². The number of hydrogen-bond donors (Lipinski definition) is 0. The van der Waals surface area contributed by atoms with Gasteiger partial charge < -0.3 is 23.8 Å². The molecule has 10 heteroatoms. The third-order valence-corrected chi connectivity index (χ3v) is 7.91. The van der Waals surface area contributed by atoms with Crippen molar-refractivity contribution in [2.24, 2.45) is 23.7 Å². The molecule has 2 saturated heterocycles. The van der Waals surface area contributed by atoms with Crippen LogP contribution in [0.25, 0.3) is 0 Å². The first kappa shape index (κ1) is 26.8. The maximum absolute atomic E-state index is 13.8. The predicted molar refractivity (Wildman–Crippen MR) is 131 cm³/mol. The molecule has 4 unspecified atom stereocenters. The molecule has 2 aliphatic heterocycles. The molecule has 2 bridgehead atoms. The number of amides is 1. The van der Waals surface area contributed by atoms with Crippen LogP contribution in [-0.4, -0.2) is 63.1 Å². The van der Waals surface area contributed by atoms with Crippen molar-refractivity contribution in [2.45, 2.75) is 18.0 Å². The number of methoxy groups -OCH3 is 4. The number of ether oxygens (including phenoxy) is 4. The minimum absolute atomic E-state index is 0.346. The molecule has 0 spiro atoms. The molecule has 4 rings (SSSR count). The second-order valence-corrected chi connectivity index (χ2v) is 9.24. The quantitative estimate of drug-likeness (QED) is 0.412. The molecule has 0 aliphatic carbocycles. The van der Waals surface area contributed by atoms with Crippen molar-refractivity contribution in [1.29, 1.82) is 0 Å². The fourth-order valence-electron chi connectivity index (χ4n) is 6.94. The third-order valence-electron chi connectivity index (χ3n) is 7.91. The van der Waals surface area contributed by atoms with E-state index in [1.165, 1.54) is 11.8 Å². The van der Waals surface area contributed by atoms with E-state index in [1.807, 2.05) is 0 Å². The van der Waals surface area contributed by atoms with E-state index in [-0.39, 0.29) is 0 Å². The van der Waals surface area contributed by atoms with Crippen LogP contribution in [-0.2, 0) is 54.0 Å². The SMILES string of the molecule is COC(=O)C1C(C(=O)OC)C2(c3ccccc3)C(C(=O)OC)C(C(=O)OC)C1(c1ccccc1)N2C(C)=O. The Kier molecular flexibility index (Phi) is 7.01. The highest BCUT2D eigenvalue weighted by Gasteiger charge is 2.86. The summed E-state index contributed by atoms with van der Waals surface area (Å²) >= 11 is 0. The van der Waals surface area contributed by atoms with E-state index in [0.717, 1.165) is 28.4 Å². The average Bonchev–Trinajstić information content (AvgIpc) is 3.40. The van der Waals surface area contributed by atoms with Gasteiger partial charge in [0, 0.05) is 6.92 Å². The highest BCUT2D eigenvalue weighted by atomic mass is 16.5. The molecule has 0 N–H and O–H groups in total. The van der Waals surface area contributed by atoms with Gasteiger partial charge in [0.25, 0.3) is 0 Å². The van der Waals surface area contributed by atoms with Crippen LogP contribution in [0.1, 0.15) is 18.1 Å². The Bertz CT molecular complexity index is 1120. The Morgan fingerprint density at radius 1 is 0.553 bits per heavy atom. The number of esters is 4. The van der Waals surface area contributed by atoms with Crippen LogP contribution in [0.3, 0.4) is 0 Å². The summed E-state index contributed by atoms with van der Waals surface area (Å²) in [7, 11) is 4.61. The maximum atomic E-state index is 13.8. The lowest BCUT2D eigenvalue weighted by molar-refractivity contribution is -0.177. The fourth-order valence-corrected chi connectivity index (χ4v) is 6.94. The molecule has 4 atom stereocenters. The summed E-state index contributed by atoms with van der Waals surface area (Å²) in [5.41, 5.74) is -3.06. The molecule has 0 saturated carbocycles. The molecule has 2 heterocycles. The van der Waals surface area contributed by atoms with Gasteiger partial charge in [-0.05, 0) is 11.1 Å². The Morgan fingerprint density at radius 3 is 1.03 bits per heavy atom. The van der Waals surface area contributed by atoms with Crippen LogP contribution in [0.5, 0.6) is 0 Å². The van der Waals surface area contributed by atoms with Gasteiger partial charge in [-0.25, -0.2) is 0 Å². The van der Waals surface area contributed by atoms with E-state index < -0.39 is 64.5 Å². The Labute approximate surface area is 219 Å². The first-order chi connectivity index (χ1) is 18.2. The molecule has 2 aromatic rings. The summed E-state index contributed by atoms with van der Waals surface area (Å²) < 4.78 is 20.8. The first-order valence-corrected chi connectivity index (χ1v) is 11.9. The monoisotopic (exact) mass is 523 g/mol. The highest BCUT2D eigenvalue weighted by Crippen LogP contribution is 2.73. The summed E-state index contributed by atoms with van der Waals surface area (Å²) in [6.07, 6.45) is 0. The Hall–Kier alpha value is -4.21. The summed E-state index contributed by atoms with van der Waals surface area (Å²) in [5.74, 6) is -9.80. The average molecular weight is 524 g/mol. The lowest BCUT2D eigenvalue weighted by atomic mass is 9.53. The number of carbonyl (C=O) groups excluding carboxylic acids is 5. The molecule has 38 heavy (non-hydrogen) atoms. The summed E-state index contributed by atoms with van der Waals surface area (Å²) in [5, 5.41) is 0. The molecule has 200 valence electrons. The molecule has 0 radical (unpaired) electrons. The van der Waals surface area contributed by atoms with Crippen LogP contribution in [0.2, 0.25) is 0 Å². The first-order valence-electron chi connectivity index (χ1n) is 11.9. The van der Waals surface area contributed by atoms with Crippen molar-refractivity contribution in [3.63, 3.8) is 0 Å². The van der Waals surface area contributed by atoms with Crippen LogP contribution >= 0.6 is 0 Å². The molecule has 2 aliphatic rings. The van der Waals surface area contributed by atoms with Crippen LogP contribution in [0, 0.1) is 23.7 Å². The van der Waals surface area contributed by atoms with Gasteiger partial charge in [0.05, 0.1) is 39.5 Å². The molecule has 2 aromatic carbocycles. The molecule has 10 nitrogen and oxygen atoms in total. The minimum atomic E-state index is -1.87. The number of benzene rings is 2. The highest BCUT2D eigenvalue weighted by molar-refractivity contribution is 5.98.